The second-order valence-electron chi connectivity index (χ2n) is 9.22. The summed E-state index contributed by atoms with van der Waals surface area (Å²) < 4.78 is 0. The van der Waals surface area contributed by atoms with Crippen molar-refractivity contribution in [2.24, 2.45) is 0 Å². The quantitative estimate of drug-likeness (QED) is 0.271. The highest BCUT2D eigenvalue weighted by molar-refractivity contribution is 5.82. The fourth-order valence-electron chi connectivity index (χ4n) is 5.32. The molecule has 0 heteroatoms. The summed E-state index contributed by atoms with van der Waals surface area (Å²) in [7, 11) is 0. The minimum absolute atomic E-state index is 1.15. The number of rotatable bonds is 12. The highest BCUT2D eigenvalue weighted by atomic mass is 14.3. The van der Waals surface area contributed by atoms with E-state index in [1.54, 1.807) is 33.4 Å². The summed E-state index contributed by atoms with van der Waals surface area (Å²) in [5, 5.41) is 0. The molecule has 158 valence electrons. The molecule has 0 bridgehead atoms. The van der Waals surface area contributed by atoms with Gasteiger partial charge in [-0.05, 0) is 90.5 Å². The van der Waals surface area contributed by atoms with Crippen molar-refractivity contribution in [1.29, 1.82) is 0 Å². The van der Waals surface area contributed by atoms with Crippen LogP contribution in [0.1, 0.15) is 111 Å². The first-order valence-electron chi connectivity index (χ1n) is 12.4. The Labute approximate surface area is 180 Å². The van der Waals surface area contributed by atoms with Crippen LogP contribution in [-0.2, 0) is 19.3 Å². The number of benzene rings is 2. The molecule has 0 unspecified atom stereocenters. The van der Waals surface area contributed by atoms with Crippen LogP contribution in [0.5, 0.6) is 0 Å². The van der Waals surface area contributed by atoms with Gasteiger partial charge in [-0.1, -0.05) is 89.5 Å². The maximum atomic E-state index is 2.40. The van der Waals surface area contributed by atoms with Crippen molar-refractivity contribution in [3.63, 3.8) is 0 Å². The molecule has 0 atom stereocenters. The molecule has 0 saturated carbocycles. The van der Waals surface area contributed by atoms with Gasteiger partial charge in [-0.25, -0.2) is 0 Å². The molecule has 2 aromatic carbocycles. The Morgan fingerprint density at radius 1 is 0.655 bits per heavy atom. The Morgan fingerprint density at radius 2 is 1.24 bits per heavy atom. The van der Waals surface area contributed by atoms with E-state index in [4.69, 9.17) is 0 Å². The van der Waals surface area contributed by atoms with E-state index in [9.17, 15) is 0 Å². The molecule has 0 fully saturated rings. The maximum absolute atomic E-state index is 2.40. The van der Waals surface area contributed by atoms with Gasteiger partial charge < -0.3 is 0 Å². The molecular weight excluding hydrogens is 348 g/mol. The molecule has 29 heavy (non-hydrogen) atoms. The first kappa shape index (κ1) is 22.1. The van der Waals surface area contributed by atoms with E-state index in [0.717, 1.165) is 6.42 Å². The van der Waals surface area contributed by atoms with Crippen LogP contribution in [0.15, 0.2) is 24.3 Å². The molecule has 0 N–H and O–H groups in total. The predicted molar refractivity (Wildman–Crippen MR) is 129 cm³/mol. The van der Waals surface area contributed by atoms with Crippen molar-refractivity contribution in [3.8, 4) is 11.1 Å². The fourth-order valence-corrected chi connectivity index (χ4v) is 5.32. The van der Waals surface area contributed by atoms with Gasteiger partial charge in [0, 0.05) is 0 Å². The van der Waals surface area contributed by atoms with Gasteiger partial charge in [0.05, 0.1) is 0 Å². The molecule has 0 aromatic heterocycles. The Bertz CT molecular complexity index is 796. The van der Waals surface area contributed by atoms with Crippen LogP contribution >= 0.6 is 0 Å². The van der Waals surface area contributed by atoms with Crippen LogP contribution < -0.4 is 0 Å². The minimum Gasteiger partial charge on any atom is -0.0654 e. The first-order chi connectivity index (χ1) is 14.2. The van der Waals surface area contributed by atoms with Crippen molar-refractivity contribution >= 4 is 0 Å². The van der Waals surface area contributed by atoms with Crippen LogP contribution in [0.2, 0.25) is 0 Å². The van der Waals surface area contributed by atoms with Crippen LogP contribution in [-0.4, -0.2) is 0 Å². The van der Waals surface area contributed by atoms with Crippen LogP contribution in [0.25, 0.3) is 11.1 Å². The lowest BCUT2D eigenvalue weighted by Crippen LogP contribution is -2.06. The largest absolute Gasteiger partial charge is 0.0654 e. The third-order valence-electron chi connectivity index (χ3n) is 7.14. The molecule has 3 rings (SSSR count). The molecule has 1 aliphatic rings. The average Bonchev–Trinajstić information content (AvgIpc) is 3.12. The van der Waals surface area contributed by atoms with E-state index >= 15 is 0 Å². The molecular formula is C29H42. The molecule has 0 heterocycles. The summed E-state index contributed by atoms with van der Waals surface area (Å²) in [6.45, 7) is 9.40. The van der Waals surface area contributed by atoms with Gasteiger partial charge in [0.2, 0.25) is 0 Å². The Morgan fingerprint density at radius 3 is 1.90 bits per heavy atom. The zero-order valence-corrected chi connectivity index (χ0v) is 19.5. The van der Waals surface area contributed by atoms with Gasteiger partial charge >= 0.3 is 0 Å². The molecule has 0 amide bonds. The third-order valence-corrected chi connectivity index (χ3v) is 7.14. The Kier molecular flexibility index (Phi) is 8.40. The van der Waals surface area contributed by atoms with Gasteiger partial charge in [-0.3, -0.25) is 0 Å². The fraction of sp³-hybridized carbons (Fsp3) is 0.586. The number of unbranched alkanes of at least 4 members (excludes halogenated alkanes) is 8. The number of hydrogen-bond acceptors (Lipinski definition) is 0. The smallest absolute Gasteiger partial charge is 0.00105 e. The highest BCUT2D eigenvalue weighted by Crippen LogP contribution is 2.44. The lowest BCUT2D eigenvalue weighted by molar-refractivity contribution is 0.618. The number of fused-ring (bicyclic) bond motifs is 3. The van der Waals surface area contributed by atoms with E-state index in [0.29, 0.717) is 0 Å². The van der Waals surface area contributed by atoms with E-state index in [1.807, 2.05) is 0 Å². The van der Waals surface area contributed by atoms with Crippen LogP contribution in [0, 0.1) is 13.8 Å². The second kappa shape index (κ2) is 11.0. The maximum Gasteiger partial charge on any atom is -0.00105 e. The zero-order chi connectivity index (χ0) is 20.6. The Balaban J connectivity index is 1.88. The summed E-state index contributed by atoms with van der Waals surface area (Å²) in [5.74, 6) is 0. The monoisotopic (exact) mass is 390 g/mol. The standard InChI is InChI=1S/C29H42/c1-5-7-9-11-13-18-25-22(3)23(4)29-26-19-16-15-17-24(26)21-28(29)27(25)20-14-12-10-8-6-2/h15-17,19H,5-14,18,20-21H2,1-4H3. The lowest BCUT2D eigenvalue weighted by Gasteiger charge is -2.21. The zero-order valence-electron chi connectivity index (χ0n) is 19.5. The van der Waals surface area contributed by atoms with E-state index in [1.165, 1.54) is 88.2 Å². The topological polar surface area (TPSA) is 0 Å². The number of hydrogen-bond donors (Lipinski definition) is 0. The molecule has 0 nitrogen and oxygen atoms in total. The predicted octanol–water partition coefficient (Wildman–Crippen LogP) is 8.90. The third kappa shape index (κ3) is 5.14. The summed E-state index contributed by atoms with van der Waals surface area (Å²) in [5.41, 5.74) is 12.9. The van der Waals surface area contributed by atoms with Gasteiger partial charge in [0.25, 0.3) is 0 Å². The lowest BCUT2D eigenvalue weighted by atomic mass is 9.83. The van der Waals surface area contributed by atoms with Crippen LogP contribution in [0.3, 0.4) is 0 Å². The molecule has 0 aliphatic heterocycles. The van der Waals surface area contributed by atoms with Gasteiger partial charge in [0.15, 0.2) is 0 Å². The van der Waals surface area contributed by atoms with Crippen molar-refractivity contribution < 1.29 is 0 Å². The first-order valence-corrected chi connectivity index (χ1v) is 12.4. The SMILES string of the molecule is CCCCCCCc1c(C)c(C)c2c(c1CCCCCCC)Cc1ccccc1-2. The molecule has 0 saturated heterocycles. The summed E-state index contributed by atoms with van der Waals surface area (Å²) >= 11 is 0. The van der Waals surface area contributed by atoms with Gasteiger partial charge in [-0.15, -0.1) is 0 Å². The van der Waals surface area contributed by atoms with Gasteiger partial charge in [-0.2, -0.15) is 0 Å². The van der Waals surface area contributed by atoms with Crippen molar-refractivity contribution in [3.05, 3.63) is 57.6 Å². The van der Waals surface area contributed by atoms with E-state index < -0.39 is 0 Å². The molecule has 1 aliphatic carbocycles. The van der Waals surface area contributed by atoms with E-state index in [2.05, 4.69) is 52.0 Å². The second-order valence-corrected chi connectivity index (χ2v) is 9.22. The summed E-state index contributed by atoms with van der Waals surface area (Å²) in [6.07, 6.45) is 17.4. The van der Waals surface area contributed by atoms with E-state index in [-0.39, 0.29) is 0 Å². The van der Waals surface area contributed by atoms with Crippen molar-refractivity contribution in [1.82, 2.24) is 0 Å². The molecule has 0 spiro atoms. The summed E-state index contributed by atoms with van der Waals surface area (Å²) in [4.78, 5) is 0. The minimum atomic E-state index is 1.15. The van der Waals surface area contributed by atoms with Crippen molar-refractivity contribution in [2.45, 2.75) is 111 Å². The molecule has 2 aromatic rings. The highest BCUT2D eigenvalue weighted by Gasteiger charge is 2.26. The van der Waals surface area contributed by atoms with Gasteiger partial charge in [0.1, 0.15) is 0 Å². The van der Waals surface area contributed by atoms with Crippen LogP contribution in [0.4, 0.5) is 0 Å². The molecule has 0 radical (unpaired) electrons. The normalized spacial score (nSPS) is 12.3. The average molecular weight is 391 g/mol. The van der Waals surface area contributed by atoms with Crippen molar-refractivity contribution in [2.75, 3.05) is 0 Å². The Hall–Kier alpha value is -1.56. The summed E-state index contributed by atoms with van der Waals surface area (Å²) in [6, 6.07) is 9.13.